The van der Waals surface area contributed by atoms with E-state index < -0.39 is 15.4 Å². The maximum absolute atomic E-state index is 13.0. The first-order valence-corrected chi connectivity index (χ1v) is 14.4. The summed E-state index contributed by atoms with van der Waals surface area (Å²) in [6.07, 6.45) is 6.00. The third kappa shape index (κ3) is 6.00. The second-order valence-electron chi connectivity index (χ2n) is 11.7. The highest BCUT2D eigenvalue weighted by molar-refractivity contribution is 7.89. The van der Waals surface area contributed by atoms with Crippen LogP contribution in [0.3, 0.4) is 0 Å². The van der Waals surface area contributed by atoms with Gasteiger partial charge in [-0.2, -0.15) is 0 Å². The van der Waals surface area contributed by atoms with Gasteiger partial charge in [-0.25, -0.2) is 13.6 Å². The largest absolute Gasteiger partial charge is 0.356 e. The molecule has 35 heavy (non-hydrogen) atoms. The van der Waals surface area contributed by atoms with E-state index in [0.29, 0.717) is 18.2 Å². The first-order chi connectivity index (χ1) is 16.2. The van der Waals surface area contributed by atoms with Crippen LogP contribution < -0.4 is 10.5 Å². The Morgan fingerprint density at radius 1 is 1.03 bits per heavy atom. The molecule has 1 heterocycles. The van der Waals surface area contributed by atoms with Crippen LogP contribution in [0.15, 0.2) is 29.2 Å². The zero-order valence-electron chi connectivity index (χ0n) is 22.5. The molecule has 3 N–H and O–H groups in total. The van der Waals surface area contributed by atoms with Gasteiger partial charge in [0.25, 0.3) is 0 Å². The van der Waals surface area contributed by atoms with Gasteiger partial charge in [0.1, 0.15) is 4.90 Å². The summed E-state index contributed by atoms with van der Waals surface area (Å²) in [6.45, 7) is 15.4. The van der Waals surface area contributed by atoms with Gasteiger partial charge in [0.15, 0.2) is 0 Å². The summed E-state index contributed by atoms with van der Waals surface area (Å²) in [5.41, 5.74) is 3.55. The van der Waals surface area contributed by atoms with Gasteiger partial charge in [-0.15, -0.1) is 0 Å². The predicted molar refractivity (Wildman–Crippen MR) is 143 cm³/mol. The number of aromatic nitrogens is 1. The Bertz CT molecular complexity index is 1180. The first-order valence-electron chi connectivity index (χ1n) is 12.8. The number of nitrogens with one attached hydrogen (secondary N) is 1. The Morgan fingerprint density at radius 3 is 2.17 bits per heavy atom. The lowest BCUT2D eigenvalue weighted by atomic mass is 9.77. The molecule has 1 aromatic heterocycles. The number of primary sulfonamides is 1. The van der Waals surface area contributed by atoms with Gasteiger partial charge in [0.05, 0.1) is 5.41 Å². The monoisotopic (exact) mass is 501 g/mol. The van der Waals surface area contributed by atoms with Gasteiger partial charge in [0.2, 0.25) is 15.9 Å². The number of likely N-dealkylation sites (N-methyl/N-ethyl adjacent to an activating group) is 1. The minimum Gasteiger partial charge on any atom is -0.356 e. The number of sulfonamides is 1. The van der Waals surface area contributed by atoms with Gasteiger partial charge in [0, 0.05) is 24.5 Å². The number of hydrogen-bond acceptors (Lipinski definition) is 3. The van der Waals surface area contributed by atoms with E-state index in [1.165, 1.54) is 19.3 Å². The summed E-state index contributed by atoms with van der Waals surface area (Å²) >= 11 is 0. The minimum atomic E-state index is -3.87. The fourth-order valence-corrected chi connectivity index (χ4v) is 5.89. The molecule has 3 rings (SSSR count). The van der Waals surface area contributed by atoms with Gasteiger partial charge in [-0.3, -0.25) is 4.79 Å². The van der Waals surface area contributed by atoms with Crippen molar-refractivity contribution in [2.75, 3.05) is 6.54 Å². The summed E-state index contributed by atoms with van der Waals surface area (Å²) in [6, 6.07) is 8.01. The summed E-state index contributed by atoms with van der Waals surface area (Å²) < 4.78 is 27.1. The SMILES string of the molecule is CCNC(=O)C(C)(C)c1cc(-c2cc(S(N)(=O)=O)c(C)n2CC2CCCCC2)cc(C(C)(C)C)c1. The molecular formula is C28H43N3O3S. The molecule has 1 aromatic carbocycles. The topological polar surface area (TPSA) is 94.2 Å². The quantitative estimate of drug-likeness (QED) is 0.532. The standard InChI is InChI=1S/C28H43N3O3S/c1-8-30-26(32)28(6,7)23-15-21(14-22(16-23)27(3,4)5)24-17-25(35(29,33)34)19(2)31(24)18-20-12-10-9-11-13-20/h14-17,20H,8-13,18H2,1-7H3,(H,30,32)(H2,29,33,34). The second kappa shape index (κ2) is 10.1. The average molecular weight is 502 g/mol. The van der Waals surface area contributed by atoms with Crippen LogP contribution in [0.1, 0.15) is 90.5 Å². The lowest BCUT2D eigenvalue weighted by Crippen LogP contribution is -2.40. The summed E-state index contributed by atoms with van der Waals surface area (Å²) in [5.74, 6) is 0.481. The number of carbonyl (C=O) groups is 1. The Hall–Kier alpha value is -2.12. The molecule has 0 spiro atoms. The highest BCUT2D eigenvalue weighted by Crippen LogP contribution is 2.37. The van der Waals surface area contributed by atoms with Crippen molar-refractivity contribution in [3.63, 3.8) is 0 Å². The van der Waals surface area contributed by atoms with Crippen LogP contribution in [0.2, 0.25) is 0 Å². The lowest BCUT2D eigenvalue weighted by Gasteiger charge is -2.29. The van der Waals surface area contributed by atoms with Crippen molar-refractivity contribution in [2.45, 2.75) is 103 Å². The number of carbonyl (C=O) groups excluding carboxylic acids is 1. The number of hydrogen-bond donors (Lipinski definition) is 2. The molecule has 194 valence electrons. The van der Waals surface area contributed by atoms with Crippen molar-refractivity contribution >= 4 is 15.9 Å². The van der Waals surface area contributed by atoms with Crippen LogP contribution in [-0.4, -0.2) is 25.4 Å². The molecule has 0 aliphatic heterocycles. The molecule has 1 fully saturated rings. The molecule has 0 unspecified atom stereocenters. The molecule has 0 bridgehead atoms. The molecule has 6 nitrogen and oxygen atoms in total. The number of nitrogens with zero attached hydrogens (tertiary/aromatic N) is 1. The Balaban J connectivity index is 2.25. The molecule has 0 radical (unpaired) electrons. The summed E-state index contributed by atoms with van der Waals surface area (Å²) in [7, 11) is -3.87. The fourth-order valence-electron chi connectivity index (χ4n) is 5.09. The van der Waals surface area contributed by atoms with E-state index >= 15 is 0 Å². The highest BCUT2D eigenvalue weighted by Gasteiger charge is 2.32. The van der Waals surface area contributed by atoms with Crippen LogP contribution >= 0.6 is 0 Å². The summed E-state index contributed by atoms with van der Waals surface area (Å²) in [4.78, 5) is 13.2. The lowest BCUT2D eigenvalue weighted by molar-refractivity contribution is -0.125. The molecule has 1 aliphatic rings. The van der Waals surface area contributed by atoms with E-state index in [9.17, 15) is 13.2 Å². The molecule has 1 saturated carbocycles. The van der Waals surface area contributed by atoms with Crippen LogP contribution in [0.5, 0.6) is 0 Å². The van der Waals surface area contributed by atoms with E-state index in [1.807, 2.05) is 33.8 Å². The van der Waals surface area contributed by atoms with E-state index in [2.05, 4.69) is 42.8 Å². The van der Waals surface area contributed by atoms with Crippen LogP contribution in [0.25, 0.3) is 11.3 Å². The van der Waals surface area contributed by atoms with Crippen LogP contribution in [-0.2, 0) is 32.2 Å². The van der Waals surface area contributed by atoms with E-state index in [-0.39, 0.29) is 16.2 Å². The van der Waals surface area contributed by atoms with Crippen LogP contribution in [0, 0.1) is 12.8 Å². The highest BCUT2D eigenvalue weighted by atomic mass is 32.2. The number of nitrogens with two attached hydrogens (primary N) is 1. The van der Waals surface area contributed by atoms with Gasteiger partial charge in [-0.1, -0.05) is 46.1 Å². The molecule has 1 aliphatic carbocycles. The van der Waals surface area contributed by atoms with E-state index in [1.54, 1.807) is 6.07 Å². The average Bonchev–Trinajstić information content (AvgIpc) is 3.10. The maximum atomic E-state index is 13.0. The Labute approximate surface area is 211 Å². The second-order valence-corrected chi connectivity index (χ2v) is 13.2. The number of rotatable bonds is 7. The Morgan fingerprint density at radius 2 is 1.63 bits per heavy atom. The van der Waals surface area contributed by atoms with Crippen molar-refractivity contribution in [1.29, 1.82) is 0 Å². The maximum Gasteiger partial charge on any atom is 0.239 e. The van der Waals surface area contributed by atoms with E-state index in [0.717, 1.165) is 41.8 Å². The zero-order valence-corrected chi connectivity index (χ0v) is 23.3. The molecular weight excluding hydrogens is 458 g/mol. The first kappa shape index (κ1) is 27.5. The molecule has 7 heteroatoms. The molecule has 0 saturated heterocycles. The van der Waals surface area contributed by atoms with Gasteiger partial charge in [-0.05, 0) is 86.8 Å². The van der Waals surface area contributed by atoms with Crippen molar-refractivity contribution in [2.24, 2.45) is 11.1 Å². The number of amides is 1. The molecule has 1 amide bonds. The van der Waals surface area contributed by atoms with Crippen molar-refractivity contribution in [1.82, 2.24) is 9.88 Å². The van der Waals surface area contributed by atoms with Crippen molar-refractivity contribution < 1.29 is 13.2 Å². The third-order valence-corrected chi connectivity index (χ3v) is 8.54. The molecule has 2 aromatic rings. The van der Waals surface area contributed by atoms with Gasteiger partial charge >= 0.3 is 0 Å². The van der Waals surface area contributed by atoms with Gasteiger partial charge < -0.3 is 9.88 Å². The van der Waals surface area contributed by atoms with Crippen molar-refractivity contribution in [3.05, 3.63) is 41.1 Å². The fraction of sp³-hybridized carbons (Fsp3) is 0.607. The third-order valence-electron chi connectivity index (χ3n) is 7.51. The van der Waals surface area contributed by atoms with E-state index in [4.69, 9.17) is 5.14 Å². The smallest absolute Gasteiger partial charge is 0.239 e. The summed E-state index contributed by atoms with van der Waals surface area (Å²) in [5, 5.41) is 8.59. The molecule has 0 atom stereocenters. The normalized spacial score (nSPS) is 15.9. The number of benzene rings is 1. The predicted octanol–water partition coefficient (Wildman–Crippen LogP) is 5.40. The van der Waals surface area contributed by atoms with Crippen LogP contribution in [0.4, 0.5) is 0 Å². The minimum absolute atomic E-state index is 0.0315. The van der Waals surface area contributed by atoms with Crippen molar-refractivity contribution in [3.8, 4) is 11.3 Å². The zero-order chi connectivity index (χ0) is 26.2. The Kier molecular flexibility index (Phi) is 7.92.